The van der Waals surface area contributed by atoms with E-state index in [4.69, 9.17) is 16.0 Å². The molecule has 0 amide bonds. The van der Waals surface area contributed by atoms with Crippen molar-refractivity contribution in [2.75, 3.05) is 7.05 Å². The molecule has 0 atom stereocenters. The Morgan fingerprint density at radius 3 is 2.67 bits per heavy atom. The van der Waals surface area contributed by atoms with Gasteiger partial charge in [-0.2, -0.15) is 4.31 Å². The van der Waals surface area contributed by atoms with Gasteiger partial charge >= 0.3 is 0 Å². The van der Waals surface area contributed by atoms with Crippen LogP contribution < -0.4 is 0 Å². The second kappa shape index (κ2) is 6.19. The molecule has 2 rings (SSSR count). The van der Waals surface area contributed by atoms with Gasteiger partial charge < -0.3 is 9.52 Å². The summed E-state index contributed by atoms with van der Waals surface area (Å²) in [6.45, 7) is 1.58. The lowest BCUT2D eigenvalue weighted by Crippen LogP contribution is -2.27. The molecule has 0 unspecified atom stereocenters. The van der Waals surface area contributed by atoms with E-state index in [1.807, 2.05) is 0 Å². The first-order valence-corrected chi connectivity index (χ1v) is 8.05. The summed E-state index contributed by atoms with van der Waals surface area (Å²) in [7, 11) is -2.22. The molecule has 1 N–H and O–H groups in total. The van der Waals surface area contributed by atoms with E-state index in [2.05, 4.69) is 0 Å². The van der Waals surface area contributed by atoms with Crippen molar-refractivity contribution < 1.29 is 17.9 Å². The van der Waals surface area contributed by atoms with Crippen LogP contribution in [0.15, 0.2) is 40.0 Å². The average Bonchev–Trinajstić information content (AvgIpc) is 2.93. The lowest BCUT2D eigenvalue weighted by Gasteiger charge is -2.19. The predicted molar refractivity (Wildman–Crippen MR) is 79.5 cm³/mol. The maximum Gasteiger partial charge on any atom is 0.243 e. The van der Waals surface area contributed by atoms with Gasteiger partial charge in [-0.1, -0.05) is 11.6 Å². The first kappa shape index (κ1) is 16.0. The van der Waals surface area contributed by atoms with Gasteiger partial charge in [-0.3, -0.25) is 0 Å². The van der Waals surface area contributed by atoms with Gasteiger partial charge in [-0.05, 0) is 36.2 Å². The molecule has 21 heavy (non-hydrogen) atoms. The third-order valence-electron chi connectivity index (χ3n) is 3.28. The Morgan fingerprint density at radius 1 is 1.38 bits per heavy atom. The van der Waals surface area contributed by atoms with Crippen LogP contribution in [0.3, 0.4) is 0 Å². The standard InChI is InChI=1S/C14H16ClNO4S/c1-10-12(8-17)5-13(15)6-14(10)21(18,19)16(2)7-11-3-4-20-9-11/h3-6,9,17H,7-8H2,1-2H3. The number of hydrogen-bond acceptors (Lipinski definition) is 4. The zero-order chi connectivity index (χ0) is 15.6. The van der Waals surface area contributed by atoms with Gasteiger partial charge in [0.15, 0.2) is 0 Å². The molecule has 1 heterocycles. The summed E-state index contributed by atoms with van der Waals surface area (Å²) in [4.78, 5) is 0.102. The average molecular weight is 330 g/mol. The molecule has 1 aromatic carbocycles. The van der Waals surface area contributed by atoms with Crippen molar-refractivity contribution in [3.05, 3.63) is 52.4 Å². The number of hydrogen-bond donors (Lipinski definition) is 1. The van der Waals surface area contributed by atoms with Crippen LogP contribution in [0.2, 0.25) is 5.02 Å². The molecular formula is C14H16ClNO4S. The Balaban J connectivity index is 2.41. The van der Waals surface area contributed by atoms with E-state index in [-0.39, 0.29) is 23.1 Å². The highest BCUT2D eigenvalue weighted by atomic mass is 35.5. The van der Waals surface area contributed by atoms with Crippen molar-refractivity contribution in [1.82, 2.24) is 4.31 Å². The van der Waals surface area contributed by atoms with Gasteiger partial charge in [0.25, 0.3) is 0 Å². The Labute approximate surface area is 128 Å². The molecule has 0 bridgehead atoms. The lowest BCUT2D eigenvalue weighted by atomic mass is 10.1. The number of sulfonamides is 1. The van der Waals surface area contributed by atoms with E-state index in [0.29, 0.717) is 11.1 Å². The number of aliphatic hydroxyl groups is 1. The van der Waals surface area contributed by atoms with Crippen molar-refractivity contribution in [1.29, 1.82) is 0 Å². The third-order valence-corrected chi connectivity index (χ3v) is 5.42. The number of benzene rings is 1. The summed E-state index contributed by atoms with van der Waals surface area (Å²) >= 11 is 5.95. The maximum atomic E-state index is 12.7. The number of rotatable bonds is 5. The molecule has 0 aliphatic heterocycles. The monoisotopic (exact) mass is 329 g/mol. The Kier molecular flexibility index (Phi) is 4.73. The van der Waals surface area contributed by atoms with E-state index in [1.54, 1.807) is 19.1 Å². The predicted octanol–water partition coefficient (Wildman–Crippen LogP) is 2.55. The van der Waals surface area contributed by atoms with Crippen LogP contribution in [0.1, 0.15) is 16.7 Å². The molecular weight excluding hydrogens is 314 g/mol. The zero-order valence-corrected chi connectivity index (χ0v) is 13.3. The fourth-order valence-electron chi connectivity index (χ4n) is 2.03. The maximum absolute atomic E-state index is 12.7. The summed E-state index contributed by atoms with van der Waals surface area (Å²) < 4.78 is 31.5. The SMILES string of the molecule is Cc1c(CO)cc(Cl)cc1S(=O)(=O)N(C)Cc1ccoc1. The highest BCUT2D eigenvalue weighted by Crippen LogP contribution is 2.27. The van der Waals surface area contributed by atoms with Crippen LogP contribution in [0.25, 0.3) is 0 Å². The molecule has 0 spiro atoms. The van der Waals surface area contributed by atoms with Gasteiger partial charge in [-0.15, -0.1) is 0 Å². The summed E-state index contributed by atoms with van der Waals surface area (Å²) in [6.07, 6.45) is 2.99. The molecule has 0 fully saturated rings. The van der Waals surface area contributed by atoms with Crippen LogP contribution in [0.5, 0.6) is 0 Å². The Hall–Kier alpha value is -1.34. The third kappa shape index (κ3) is 3.29. The number of furan rings is 1. The smallest absolute Gasteiger partial charge is 0.243 e. The van der Waals surface area contributed by atoms with Crippen LogP contribution in [0, 0.1) is 6.92 Å². The van der Waals surface area contributed by atoms with Gasteiger partial charge in [-0.25, -0.2) is 8.42 Å². The Morgan fingerprint density at radius 2 is 2.10 bits per heavy atom. The van der Waals surface area contributed by atoms with E-state index in [9.17, 15) is 13.5 Å². The quantitative estimate of drug-likeness (QED) is 0.915. The molecule has 2 aromatic rings. The minimum atomic E-state index is -3.70. The fraction of sp³-hybridized carbons (Fsp3) is 0.286. The molecule has 0 radical (unpaired) electrons. The minimum absolute atomic E-state index is 0.102. The van der Waals surface area contributed by atoms with Gasteiger partial charge in [0.1, 0.15) is 0 Å². The molecule has 5 nitrogen and oxygen atoms in total. The highest BCUT2D eigenvalue weighted by Gasteiger charge is 2.25. The van der Waals surface area contributed by atoms with Crippen molar-refractivity contribution in [2.24, 2.45) is 0 Å². The first-order valence-electron chi connectivity index (χ1n) is 6.23. The van der Waals surface area contributed by atoms with Crippen LogP contribution >= 0.6 is 11.6 Å². The van der Waals surface area contributed by atoms with E-state index < -0.39 is 10.0 Å². The van der Waals surface area contributed by atoms with Crippen molar-refractivity contribution in [3.8, 4) is 0 Å². The van der Waals surface area contributed by atoms with Crippen molar-refractivity contribution >= 4 is 21.6 Å². The Bertz CT molecular complexity index is 726. The number of aliphatic hydroxyl groups excluding tert-OH is 1. The van der Waals surface area contributed by atoms with Crippen LogP contribution in [-0.2, 0) is 23.2 Å². The number of nitrogens with zero attached hydrogens (tertiary/aromatic N) is 1. The zero-order valence-electron chi connectivity index (χ0n) is 11.7. The molecule has 0 saturated carbocycles. The lowest BCUT2D eigenvalue weighted by molar-refractivity contribution is 0.280. The van der Waals surface area contributed by atoms with Crippen LogP contribution in [-0.4, -0.2) is 24.9 Å². The van der Waals surface area contributed by atoms with E-state index in [0.717, 1.165) is 5.56 Å². The summed E-state index contributed by atoms with van der Waals surface area (Å²) in [5, 5.41) is 9.58. The van der Waals surface area contributed by atoms with Gasteiger partial charge in [0.2, 0.25) is 10.0 Å². The molecule has 0 aliphatic carbocycles. The first-order chi connectivity index (χ1) is 9.86. The van der Waals surface area contributed by atoms with Crippen molar-refractivity contribution in [2.45, 2.75) is 25.0 Å². The minimum Gasteiger partial charge on any atom is -0.472 e. The molecule has 0 saturated heterocycles. The molecule has 7 heteroatoms. The topological polar surface area (TPSA) is 70.8 Å². The fourth-order valence-corrected chi connectivity index (χ4v) is 3.79. The second-order valence-corrected chi connectivity index (χ2v) is 7.19. The normalized spacial score (nSPS) is 12.0. The van der Waals surface area contributed by atoms with E-state index in [1.165, 1.54) is 29.9 Å². The molecule has 114 valence electrons. The number of halogens is 1. The van der Waals surface area contributed by atoms with E-state index >= 15 is 0 Å². The largest absolute Gasteiger partial charge is 0.472 e. The summed E-state index contributed by atoms with van der Waals surface area (Å²) in [5.74, 6) is 0. The van der Waals surface area contributed by atoms with Crippen LogP contribution in [0.4, 0.5) is 0 Å². The van der Waals surface area contributed by atoms with Crippen molar-refractivity contribution in [3.63, 3.8) is 0 Å². The second-order valence-electron chi connectivity index (χ2n) is 4.74. The molecule has 1 aromatic heterocycles. The van der Waals surface area contributed by atoms with Gasteiger partial charge in [0.05, 0.1) is 24.0 Å². The van der Waals surface area contributed by atoms with Gasteiger partial charge in [0, 0.05) is 24.2 Å². The molecule has 0 aliphatic rings. The highest BCUT2D eigenvalue weighted by molar-refractivity contribution is 7.89. The summed E-state index contributed by atoms with van der Waals surface area (Å²) in [6, 6.07) is 4.67. The summed E-state index contributed by atoms with van der Waals surface area (Å²) in [5.41, 5.74) is 1.75.